The Hall–Kier alpha value is -7.78. The molecule has 1 aromatic heterocycles. The van der Waals surface area contributed by atoms with E-state index in [1.54, 1.807) is 30.3 Å². The van der Waals surface area contributed by atoms with E-state index < -0.39 is 46.0 Å². The van der Waals surface area contributed by atoms with Gasteiger partial charge in [0.2, 0.25) is 23.0 Å². The van der Waals surface area contributed by atoms with Crippen LogP contribution >= 0.6 is 0 Å². The third kappa shape index (κ3) is 4.41. The molecule has 0 unspecified atom stereocenters. The van der Waals surface area contributed by atoms with Crippen molar-refractivity contribution >= 4 is 64.9 Å². The Balaban J connectivity index is 1.33. The van der Waals surface area contributed by atoms with Gasteiger partial charge in [-0.2, -0.15) is 0 Å². The Morgan fingerprint density at radius 1 is 0.309 bits per heavy atom. The molecule has 266 valence electrons. The van der Waals surface area contributed by atoms with Crippen LogP contribution in [-0.2, 0) is 0 Å². The zero-order valence-corrected chi connectivity index (χ0v) is 28.6. The summed E-state index contributed by atoms with van der Waals surface area (Å²) in [7, 11) is 0. The molecule has 10 aromatic rings. The van der Waals surface area contributed by atoms with Gasteiger partial charge >= 0.3 is 0 Å². The van der Waals surface area contributed by atoms with Gasteiger partial charge in [0.1, 0.15) is 0 Å². The summed E-state index contributed by atoms with van der Waals surface area (Å²) in [5, 5.41) is 95.5. The number of nitrogens with one attached hydrogen (secondary N) is 1. The first-order valence-electron chi connectivity index (χ1n) is 17.4. The van der Waals surface area contributed by atoms with Gasteiger partial charge in [0.25, 0.3) is 0 Å². The molecule has 0 bridgehead atoms. The van der Waals surface area contributed by atoms with E-state index in [1.165, 1.54) is 0 Å². The molecule has 0 atom stereocenters. The van der Waals surface area contributed by atoms with Gasteiger partial charge in [0.05, 0.1) is 0 Å². The monoisotopic (exact) mass is 723 g/mol. The van der Waals surface area contributed by atoms with E-state index in [9.17, 15) is 40.9 Å². The van der Waals surface area contributed by atoms with Crippen LogP contribution < -0.4 is 0 Å². The highest BCUT2D eigenvalue weighted by Gasteiger charge is 2.32. The maximum Gasteiger partial charge on any atom is 0.204 e. The number of fused-ring (bicyclic) bond motifs is 7. The van der Waals surface area contributed by atoms with Gasteiger partial charge in [-0.15, -0.1) is 0 Å². The average Bonchev–Trinajstić information content (AvgIpc) is 3.57. The summed E-state index contributed by atoms with van der Waals surface area (Å²) in [6.45, 7) is 0. The van der Waals surface area contributed by atoms with Crippen molar-refractivity contribution < 1.29 is 40.9 Å². The standard InChI is InChI=1S/C46H29NO8/c48-39-35-33(23-14-12-22(13-15-23)28-11-5-9-21-6-3-4-10-27(21)28)36-38(42(51)46(55)44(53)40(36)49)34(37(35)41(50)45(54)43(39)52)26-16-17-31-29(19-26)30-18-24-7-1-2-8-25(24)20-32(30)47-31/h1-20,47-55H. The van der Waals surface area contributed by atoms with Crippen molar-refractivity contribution in [2.75, 3.05) is 0 Å². The first kappa shape index (κ1) is 31.9. The lowest BCUT2D eigenvalue weighted by molar-refractivity contribution is 0.350. The number of phenolic OH excluding ortho intramolecular Hbond substituents is 8. The minimum atomic E-state index is -1.02. The van der Waals surface area contributed by atoms with Crippen LogP contribution in [0.4, 0.5) is 0 Å². The molecule has 0 amide bonds. The second kappa shape index (κ2) is 11.4. The van der Waals surface area contributed by atoms with E-state index in [0.717, 1.165) is 54.5 Å². The first-order valence-corrected chi connectivity index (χ1v) is 17.4. The number of hydrogen-bond donors (Lipinski definition) is 9. The smallest absolute Gasteiger partial charge is 0.204 e. The molecule has 0 saturated carbocycles. The molecule has 9 nitrogen and oxygen atoms in total. The fourth-order valence-corrected chi connectivity index (χ4v) is 8.23. The highest BCUT2D eigenvalue weighted by Crippen LogP contribution is 2.62. The summed E-state index contributed by atoms with van der Waals surface area (Å²) < 4.78 is 0. The van der Waals surface area contributed by atoms with Crippen molar-refractivity contribution in [1.82, 2.24) is 4.98 Å². The summed E-state index contributed by atoms with van der Waals surface area (Å²) in [5.74, 6) is -7.38. The van der Waals surface area contributed by atoms with Crippen molar-refractivity contribution in [1.29, 1.82) is 0 Å². The van der Waals surface area contributed by atoms with Crippen molar-refractivity contribution in [3.8, 4) is 79.4 Å². The van der Waals surface area contributed by atoms with E-state index in [1.807, 2.05) is 91.0 Å². The summed E-state index contributed by atoms with van der Waals surface area (Å²) in [4.78, 5) is 3.43. The fraction of sp³-hybridized carbons (Fsp3) is 0. The zero-order chi connectivity index (χ0) is 37.9. The summed E-state index contributed by atoms with van der Waals surface area (Å²) in [6.07, 6.45) is 0. The lowest BCUT2D eigenvalue weighted by atomic mass is 9.83. The Kier molecular flexibility index (Phi) is 6.59. The number of H-pyrrole nitrogens is 1. The Bertz CT molecular complexity index is 3210. The molecule has 0 radical (unpaired) electrons. The highest BCUT2D eigenvalue weighted by molar-refractivity contribution is 6.29. The largest absolute Gasteiger partial charge is 0.504 e. The van der Waals surface area contributed by atoms with E-state index >= 15 is 0 Å². The topological polar surface area (TPSA) is 178 Å². The van der Waals surface area contributed by atoms with Crippen LogP contribution in [0.25, 0.3) is 98.3 Å². The van der Waals surface area contributed by atoms with E-state index in [2.05, 4.69) is 4.98 Å². The number of aromatic hydroxyl groups is 8. The van der Waals surface area contributed by atoms with E-state index in [-0.39, 0.29) is 32.7 Å². The number of hydrogen-bond acceptors (Lipinski definition) is 8. The van der Waals surface area contributed by atoms with Crippen LogP contribution in [0.15, 0.2) is 121 Å². The Labute approximate surface area is 310 Å². The molecule has 9 aromatic carbocycles. The molecule has 0 aliphatic heterocycles. The van der Waals surface area contributed by atoms with Crippen LogP contribution in [0.1, 0.15) is 0 Å². The van der Waals surface area contributed by atoms with Gasteiger partial charge in [-0.3, -0.25) is 0 Å². The third-order valence-corrected chi connectivity index (χ3v) is 10.8. The molecular weight excluding hydrogens is 695 g/mol. The molecular formula is C46H29NO8. The average molecular weight is 724 g/mol. The maximum absolute atomic E-state index is 11.7. The molecule has 1 heterocycles. The second-order valence-corrected chi connectivity index (χ2v) is 13.8. The van der Waals surface area contributed by atoms with Gasteiger partial charge in [-0.05, 0) is 68.1 Å². The maximum atomic E-state index is 11.7. The molecule has 0 fully saturated rings. The quantitative estimate of drug-likeness (QED) is 0.0491. The van der Waals surface area contributed by atoms with Crippen molar-refractivity contribution in [3.63, 3.8) is 0 Å². The number of phenols is 8. The van der Waals surface area contributed by atoms with E-state index in [4.69, 9.17) is 0 Å². The molecule has 0 spiro atoms. The predicted molar refractivity (Wildman–Crippen MR) is 215 cm³/mol. The number of rotatable bonds is 3. The Morgan fingerprint density at radius 3 is 1.36 bits per heavy atom. The van der Waals surface area contributed by atoms with Crippen LogP contribution in [0.5, 0.6) is 46.0 Å². The number of benzene rings is 9. The van der Waals surface area contributed by atoms with Crippen LogP contribution in [0.2, 0.25) is 0 Å². The zero-order valence-electron chi connectivity index (χ0n) is 28.6. The molecule has 9 N–H and O–H groups in total. The molecule has 0 aliphatic rings. The summed E-state index contributed by atoms with van der Waals surface area (Å²) in [6, 6.07) is 38.2. The lowest BCUT2D eigenvalue weighted by Crippen LogP contribution is -1.95. The van der Waals surface area contributed by atoms with Gasteiger partial charge in [-0.1, -0.05) is 97.1 Å². The fourth-order valence-electron chi connectivity index (χ4n) is 8.23. The first-order chi connectivity index (χ1) is 26.6. The SMILES string of the molecule is Oc1c(O)c(O)c2c(-c3ccc4[nH]c5cc6ccccc6cc5c4c3)c3c(O)c(O)c(O)c(O)c3c(-c3ccc(-c4cccc5ccccc45)cc3)c2c1O. The van der Waals surface area contributed by atoms with Crippen molar-refractivity contribution in [2.24, 2.45) is 0 Å². The minimum Gasteiger partial charge on any atom is -0.504 e. The van der Waals surface area contributed by atoms with Crippen molar-refractivity contribution in [2.45, 2.75) is 0 Å². The minimum absolute atomic E-state index is 0.00985. The van der Waals surface area contributed by atoms with E-state index in [0.29, 0.717) is 11.1 Å². The van der Waals surface area contributed by atoms with Gasteiger partial charge < -0.3 is 45.8 Å². The third-order valence-electron chi connectivity index (χ3n) is 10.8. The summed E-state index contributed by atoms with van der Waals surface area (Å²) in [5.41, 5.74) is 4.07. The lowest BCUT2D eigenvalue weighted by Gasteiger charge is -2.22. The number of aromatic nitrogens is 1. The molecule has 55 heavy (non-hydrogen) atoms. The normalized spacial score (nSPS) is 11.9. The molecule has 0 saturated heterocycles. The van der Waals surface area contributed by atoms with Crippen LogP contribution in [0.3, 0.4) is 0 Å². The summed E-state index contributed by atoms with van der Waals surface area (Å²) >= 11 is 0. The predicted octanol–water partition coefficient (Wildman–Crippen LogP) is 10.6. The second-order valence-electron chi connectivity index (χ2n) is 13.8. The highest BCUT2D eigenvalue weighted by atomic mass is 16.4. The van der Waals surface area contributed by atoms with Crippen LogP contribution in [-0.4, -0.2) is 45.8 Å². The molecule has 0 aliphatic carbocycles. The molecule has 9 heteroatoms. The van der Waals surface area contributed by atoms with Gasteiger partial charge in [0, 0.05) is 54.5 Å². The number of aromatic amines is 1. The van der Waals surface area contributed by atoms with Gasteiger partial charge in [-0.25, -0.2) is 0 Å². The van der Waals surface area contributed by atoms with Gasteiger partial charge in [0.15, 0.2) is 23.0 Å². The van der Waals surface area contributed by atoms with Crippen LogP contribution in [0, 0.1) is 0 Å². The van der Waals surface area contributed by atoms with Crippen molar-refractivity contribution in [3.05, 3.63) is 121 Å². The molecule has 10 rings (SSSR count). The Morgan fingerprint density at radius 2 is 0.764 bits per heavy atom.